The molecule has 0 saturated carbocycles. The van der Waals surface area contributed by atoms with Gasteiger partial charge in [0.25, 0.3) is 0 Å². The van der Waals surface area contributed by atoms with Crippen molar-refractivity contribution in [1.82, 2.24) is 10.6 Å². The van der Waals surface area contributed by atoms with E-state index in [1.807, 2.05) is 52.0 Å². The first-order valence-electron chi connectivity index (χ1n) is 8.31. The molecule has 1 atom stereocenters. The molecule has 0 fully saturated rings. The number of aliphatic hydroxyl groups excluding tert-OH is 1. The van der Waals surface area contributed by atoms with Crippen LogP contribution in [0.15, 0.2) is 29.3 Å². The van der Waals surface area contributed by atoms with Crippen LogP contribution in [0.1, 0.15) is 26.3 Å². The van der Waals surface area contributed by atoms with Crippen molar-refractivity contribution in [3.63, 3.8) is 0 Å². The summed E-state index contributed by atoms with van der Waals surface area (Å²) >= 11 is 0. The third kappa shape index (κ3) is 10.5. The zero-order chi connectivity index (χ0) is 18.0. The molecule has 0 aliphatic carbocycles. The normalized spacial score (nSPS) is 13.0. The number of ether oxygens (including phenoxy) is 2. The van der Waals surface area contributed by atoms with Gasteiger partial charge in [0.2, 0.25) is 0 Å². The number of methoxy groups -OCH3 is 1. The monoisotopic (exact) mass is 465 g/mol. The van der Waals surface area contributed by atoms with Gasteiger partial charge >= 0.3 is 0 Å². The van der Waals surface area contributed by atoms with Gasteiger partial charge in [-0.25, -0.2) is 0 Å². The summed E-state index contributed by atoms with van der Waals surface area (Å²) in [5.74, 6) is 1.41. The number of guanidine groups is 1. The standard InChI is InChI=1S/C18H31N3O3.HI/c1-6-19-17(21-13-18(3,4)23-5)20-11-15(22)12-24-16-9-7-8-14(2)10-16;/h7-10,15,22H,6,11-13H2,1-5H3,(H2,19,20,21);1H. The predicted molar refractivity (Wildman–Crippen MR) is 113 cm³/mol. The highest BCUT2D eigenvalue weighted by molar-refractivity contribution is 14.0. The zero-order valence-electron chi connectivity index (χ0n) is 15.8. The number of rotatable bonds is 9. The summed E-state index contributed by atoms with van der Waals surface area (Å²) in [6.45, 7) is 9.80. The molecule has 0 amide bonds. The molecule has 25 heavy (non-hydrogen) atoms. The Hall–Kier alpha value is -1.06. The van der Waals surface area contributed by atoms with Gasteiger partial charge in [0.15, 0.2) is 5.96 Å². The number of hydrogen-bond donors (Lipinski definition) is 3. The Labute approximate surface area is 168 Å². The van der Waals surface area contributed by atoms with Gasteiger partial charge < -0.3 is 25.2 Å². The molecule has 0 spiro atoms. The van der Waals surface area contributed by atoms with E-state index in [1.54, 1.807) is 7.11 Å². The average Bonchev–Trinajstić information content (AvgIpc) is 2.55. The molecule has 3 N–H and O–H groups in total. The molecule has 0 aliphatic heterocycles. The summed E-state index contributed by atoms with van der Waals surface area (Å²) in [5.41, 5.74) is 0.803. The maximum atomic E-state index is 10.1. The molecule has 0 heterocycles. The van der Waals surface area contributed by atoms with Gasteiger partial charge in [-0.2, -0.15) is 0 Å². The first-order chi connectivity index (χ1) is 11.4. The molecule has 0 radical (unpaired) electrons. The van der Waals surface area contributed by atoms with Crippen LogP contribution in [-0.2, 0) is 4.74 Å². The summed E-state index contributed by atoms with van der Waals surface area (Å²) in [6, 6.07) is 7.76. The molecular weight excluding hydrogens is 433 g/mol. The number of nitrogens with zero attached hydrogens (tertiary/aromatic N) is 1. The van der Waals surface area contributed by atoms with E-state index in [9.17, 15) is 5.11 Å². The fourth-order valence-electron chi connectivity index (χ4n) is 1.85. The first-order valence-corrected chi connectivity index (χ1v) is 8.31. The van der Waals surface area contributed by atoms with Gasteiger partial charge in [-0.15, -0.1) is 24.0 Å². The Morgan fingerprint density at radius 3 is 2.64 bits per heavy atom. The van der Waals surface area contributed by atoms with Crippen LogP contribution in [0.3, 0.4) is 0 Å². The largest absolute Gasteiger partial charge is 0.491 e. The molecule has 1 rings (SSSR count). The fraction of sp³-hybridized carbons (Fsp3) is 0.611. The van der Waals surface area contributed by atoms with E-state index in [4.69, 9.17) is 9.47 Å². The highest BCUT2D eigenvalue weighted by Crippen LogP contribution is 2.12. The van der Waals surface area contributed by atoms with E-state index < -0.39 is 6.10 Å². The molecule has 7 heteroatoms. The van der Waals surface area contributed by atoms with Crippen LogP contribution in [0.4, 0.5) is 0 Å². The fourth-order valence-corrected chi connectivity index (χ4v) is 1.85. The van der Waals surface area contributed by atoms with Crippen molar-refractivity contribution in [3.05, 3.63) is 29.8 Å². The Bertz CT molecular complexity index is 524. The molecule has 0 bridgehead atoms. The molecule has 6 nitrogen and oxygen atoms in total. The van der Waals surface area contributed by atoms with Crippen LogP contribution in [0.25, 0.3) is 0 Å². The van der Waals surface area contributed by atoms with Crippen LogP contribution in [0, 0.1) is 6.92 Å². The molecule has 0 aliphatic rings. The minimum atomic E-state index is -0.634. The van der Waals surface area contributed by atoms with Crippen LogP contribution < -0.4 is 15.4 Å². The highest BCUT2D eigenvalue weighted by atomic mass is 127. The minimum Gasteiger partial charge on any atom is -0.491 e. The predicted octanol–water partition coefficient (Wildman–Crippen LogP) is 2.33. The second kappa shape index (κ2) is 12.3. The Balaban J connectivity index is 0.00000576. The number of benzene rings is 1. The summed E-state index contributed by atoms with van der Waals surface area (Å²) in [6.07, 6.45) is -0.634. The minimum absolute atomic E-state index is 0. The molecule has 1 aromatic rings. The van der Waals surface area contributed by atoms with Crippen molar-refractivity contribution in [2.24, 2.45) is 4.99 Å². The van der Waals surface area contributed by atoms with Crippen LogP contribution in [0.2, 0.25) is 0 Å². The molecule has 1 aromatic carbocycles. The lowest BCUT2D eigenvalue weighted by Crippen LogP contribution is -2.43. The number of halogens is 1. The van der Waals surface area contributed by atoms with Crippen LogP contribution >= 0.6 is 24.0 Å². The molecule has 144 valence electrons. The summed E-state index contributed by atoms with van der Waals surface area (Å²) < 4.78 is 11.0. The zero-order valence-corrected chi connectivity index (χ0v) is 18.2. The van der Waals surface area contributed by atoms with Crippen LogP contribution in [-0.4, -0.2) is 56.1 Å². The SMILES string of the molecule is CCNC(=NCC(C)(C)OC)NCC(O)COc1cccc(C)c1.I. The number of nitrogens with one attached hydrogen (secondary N) is 2. The van der Waals surface area contributed by atoms with E-state index >= 15 is 0 Å². The van der Waals surface area contributed by atoms with Crippen molar-refractivity contribution in [2.45, 2.75) is 39.4 Å². The average molecular weight is 465 g/mol. The second-order valence-electron chi connectivity index (χ2n) is 6.32. The van der Waals surface area contributed by atoms with Gasteiger partial charge in [0.1, 0.15) is 18.5 Å². The number of aryl methyl sites for hydroxylation is 1. The van der Waals surface area contributed by atoms with Crippen molar-refractivity contribution >= 4 is 29.9 Å². The summed E-state index contributed by atoms with van der Waals surface area (Å²) in [7, 11) is 1.67. The summed E-state index contributed by atoms with van der Waals surface area (Å²) in [4.78, 5) is 4.48. The number of aliphatic imine (C=N–C) groups is 1. The maximum absolute atomic E-state index is 10.1. The first kappa shape index (κ1) is 23.9. The smallest absolute Gasteiger partial charge is 0.191 e. The van der Waals surface area contributed by atoms with Gasteiger partial charge in [-0.3, -0.25) is 4.99 Å². The van der Waals surface area contributed by atoms with Gasteiger partial charge in [-0.05, 0) is 45.4 Å². The van der Waals surface area contributed by atoms with E-state index in [0.717, 1.165) is 17.9 Å². The third-order valence-corrected chi connectivity index (χ3v) is 3.45. The third-order valence-electron chi connectivity index (χ3n) is 3.45. The Kier molecular flexibility index (Phi) is 11.8. The summed E-state index contributed by atoms with van der Waals surface area (Å²) in [5, 5.41) is 16.3. The highest BCUT2D eigenvalue weighted by Gasteiger charge is 2.16. The van der Waals surface area contributed by atoms with Gasteiger partial charge in [0.05, 0.1) is 12.1 Å². The number of hydrogen-bond acceptors (Lipinski definition) is 4. The van der Waals surface area contributed by atoms with Gasteiger partial charge in [0, 0.05) is 20.2 Å². The Morgan fingerprint density at radius 1 is 1.32 bits per heavy atom. The van der Waals surface area contributed by atoms with Crippen LogP contribution in [0.5, 0.6) is 5.75 Å². The topological polar surface area (TPSA) is 75.1 Å². The number of aliphatic hydroxyl groups is 1. The molecule has 0 aromatic heterocycles. The molecule has 0 saturated heterocycles. The lowest BCUT2D eigenvalue weighted by molar-refractivity contribution is 0.0310. The molecular formula is C18H32IN3O3. The van der Waals surface area contributed by atoms with E-state index in [2.05, 4.69) is 15.6 Å². The van der Waals surface area contributed by atoms with E-state index in [0.29, 0.717) is 19.0 Å². The lowest BCUT2D eigenvalue weighted by Gasteiger charge is -2.21. The van der Waals surface area contributed by atoms with E-state index in [1.165, 1.54) is 0 Å². The lowest BCUT2D eigenvalue weighted by atomic mass is 10.1. The van der Waals surface area contributed by atoms with Gasteiger partial charge in [-0.1, -0.05) is 12.1 Å². The van der Waals surface area contributed by atoms with Crippen molar-refractivity contribution < 1.29 is 14.6 Å². The van der Waals surface area contributed by atoms with Crippen molar-refractivity contribution in [1.29, 1.82) is 0 Å². The quantitative estimate of drug-likeness (QED) is 0.297. The van der Waals surface area contributed by atoms with E-state index in [-0.39, 0.29) is 36.2 Å². The van der Waals surface area contributed by atoms with Crippen molar-refractivity contribution in [3.8, 4) is 5.75 Å². The Morgan fingerprint density at radius 2 is 2.04 bits per heavy atom. The maximum Gasteiger partial charge on any atom is 0.191 e. The van der Waals surface area contributed by atoms with Crippen molar-refractivity contribution in [2.75, 3.05) is 33.4 Å². The molecule has 1 unspecified atom stereocenters. The second-order valence-corrected chi connectivity index (χ2v) is 6.32.